The van der Waals surface area contributed by atoms with Crippen molar-refractivity contribution in [2.45, 2.75) is 6.92 Å². The summed E-state index contributed by atoms with van der Waals surface area (Å²) in [5.41, 5.74) is 2.03. The number of nitrogens with zero attached hydrogens (tertiary/aromatic N) is 1. The van der Waals surface area contributed by atoms with E-state index in [4.69, 9.17) is 28.3 Å². The molecule has 0 radical (unpaired) electrons. The van der Waals surface area contributed by atoms with Crippen molar-refractivity contribution >= 4 is 46.2 Å². The number of carboxylic acid groups (broad SMARTS) is 1. The fourth-order valence-corrected chi connectivity index (χ4v) is 2.21. The topological polar surface area (TPSA) is 50.2 Å². The van der Waals surface area contributed by atoms with Crippen LogP contribution in [0.15, 0.2) is 24.3 Å². The van der Waals surface area contributed by atoms with Gasteiger partial charge in [0.15, 0.2) is 0 Å². The van der Waals surface area contributed by atoms with Crippen LogP contribution >= 0.6 is 23.2 Å². The largest absolute Gasteiger partial charge is 0.478 e. The average molecular weight is 282 g/mol. The summed E-state index contributed by atoms with van der Waals surface area (Å²) in [6.45, 7) is 1.82. The highest BCUT2D eigenvalue weighted by molar-refractivity contribution is 6.37. The number of pyridine rings is 1. The van der Waals surface area contributed by atoms with E-state index in [1.54, 1.807) is 18.2 Å². The van der Waals surface area contributed by atoms with Crippen LogP contribution < -0.4 is 0 Å². The van der Waals surface area contributed by atoms with Crippen molar-refractivity contribution in [2.24, 2.45) is 0 Å². The number of hydrogen-bond acceptors (Lipinski definition) is 2. The Kier molecular flexibility index (Phi) is 3.55. The minimum atomic E-state index is -1.03. The second kappa shape index (κ2) is 4.96. The Morgan fingerprint density at radius 2 is 2.06 bits per heavy atom. The predicted molar refractivity (Wildman–Crippen MR) is 73.2 cm³/mol. The maximum Gasteiger partial charge on any atom is 0.328 e. The van der Waals surface area contributed by atoms with Crippen LogP contribution in [0, 0.1) is 6.92 Å². The Labute approximate surface area is 114 Å². The Morgan fingerprint density at radius 1 is 1.33 bits per heavy atom. The van der Waals surface area contributed by atoms with E-state index in [1.165, 1.54) is 6.08 Å². The van der Waals surface area contributed by atoms with Gasteiger partial charge in [0.1, 0.15) is 0 Å². The second-order valence-corrected chi connectivity index (χ2v) is 4.65. The van der Waals surface area contributed by atoms with Gasteiger partial charge in [0.25, 0.3) is 0 Å². The molecule has 0 unspecified atom stereocenters. The SMILES string of the molecule is Cc1cc(Cl)c2cc(Cl)cc(/C=C/C(=O)O)c2n1. The molecule has 0 saturated carbocycles. The molecule has 1 N–H and O–H groups in total. The van der Waals surface area contributed by atoms with Gasteiger partial charge in [-0.1, -0.05) is 23.2 Å². The van der Waals surface area contributed by atoms with Gasteiger partial charge in [0.05, 0.1) is 10.5 Å². The molecule has 3 nitrogen and oxygen atoms in total. The van der Waals surface area contributed by atoms with Gasteiger partial charge in [-0.05, 0) is 31.2 Å². The van der Waals surface area contributed by atoms with Crippen LogP contribution in [0.25, 0.3) is 17.0 Å². The van der Waals surface area contributed by atoms with Crippen molar-refractivity contribution < 1.29 is 9.90 Å². The Bertz CT molecular complexity index is 666. The fourth-order valence-electron chi connectivity index (χ4n) is 1.69. The lowest BCUT2D eigenvalue weighted by Gasteiger charge is -2.06. The average Bonchev–Trinajstić information content (AvgIpc) is 2.27. The summed E-state index contributed by atoms with van der Waals surface area (Å²) in [6.07, 6.45) is 2.50. The number of rotatable bonds is 2. The number of halogens is 2. The summed E-state index contributed by atoms with van der Waals surface area (Å²) in [7, 11) is 0. The minimum absolute atomic E-state index is 0.486. The van der Waals surface area contributed by atoms with Gasteiger partial charge in [-0.25, -0.2) is 4.79 Å². The van der Waals surface area contributed by atoms with E-state index >= 15 is 0 Å². The van der Waals surface area contributed by atoms with E-state index in [1.807, 2.05) is 6.92 Å². The third kappa shape index (κ3) is 2.63. The molecular formula is C13H9Cl2NO2. The lowest BCUT2D eigenvalue weighted by molar-refractivity contribution is -0.131. The number of aryl methyl sites for hydroxylation is 1. The predicted octanol–water partition coefficient (Wildman–Crippen LogP) is 3.95. The van der Waals surface area contributed by atoms with Gasteiger partial charge in [0.2, 0.25) is 0 Å². The zero-order valence-electron chi connectivity index (χ0n) is 9.45. The molecule has 0 aliphatic heterocycles. The molecule has 0 aliphatic rings. The normalized spacial score (nSPS) is 11.3. The molecule has 1 heterocycles. The third-order valence-corrected chi connectivity index (χ3v) is 2.92. The van der Waals surface area contributed by atoms with Crippen molar-refractivity contribution in [2.75, 3.05) is 0 Å². The summed E-state index contributed by atoms with van der Waals surface area (Å²) in [5.74, 6) is -1.03. The van der Waals surface area contributed by atoms with Gasteiger partial charge < -0.3 is 5.11 Å². The van der Waals surface area contributed by atoms with Crippen LogP contribution in [0.4, 0.5) is 0 Å². The summed E-state index contributed by atoms with van der Waals surface area (Å²) < 4.78 is 0. The van der Waals surface area contributed by atoms with Gasteiger partial charge in [0, 0.05) is 27.7 Å². The monoisotopic (exact) mass is 281 g/mol. The Morgan fingerprint density at radius 3 is 2.72 bits per heavy atom. The Balaban J connectivity index is 2.75. The van der Waals surface area contributed by atoms with E-state index < -0.39 is 5.97 Å². The number of hydrogen-bond donors (Lipinski definition) is 1. The highest BCUT2D eigenvalue weighted by Gasteiger charge is 2.07. The van der Waals surface area contributed by atoms with Crippen molar-refractivity contribution in [1.29, 1.82) is 0 Å². The number of carboxylic acids is 1. The molecule has 92 valence electrons. The van der Waals surface area contributed by atoms with Crippen molar-refractivity contribution in [3.63, 3.8) is 0 Å². The molecule has 5 heteroatoms. The first-order chi connectivity index (χ1) is 8.47. The zero-order chi connectivity index (χ0) is 13.3. The summed E-state index contributed by atoms with van der Waals surface area (Å²) in [5, 5.41) is 10.4. The number of carbonyl (C=O) groups is 1. The molecule has 1 aromatic heterocycles. The molecular weight excluding hydrogens is 273 g/mol. The maximum absolute atomic E-state index is 10.6. The van der Waals surface area contributed by atoms with E-state index in [0.717, 1.165) is 11.8 Å². The molecule has 0 fully saturated rings. The number of aliphatic carboxylic acids is 1. The molecule has 2 rings (SSSR count). The van der Waals surface area contributed by atoms with Crippen molar-refractivity contribution in [1.82, 2.24) is 4.98 Å². The molecule has 1 aromatic carbocycles. The number of fused-ring (bicyclic) bond motifs is 1. The van der Waals surface area contributed by atoms with Crippen molar-refractivity contribution in [3.8, 4) is 0 Å². The zero-order valence-corrected chi connectivity index (χ0v) is 11.0. The van der Waals surface area contributed by atoms with Crippen LogP contribution in [-0.4, -0.2) is 16.1 Å². The first kappa shape index (κ1) is 12.9. The van der Waals surface area contributed by atoms with Gasteiger partial charge in [-0.15, -0.1) is 0 Å². The van der Waals surface area contributed by atoms with E-state index in [2.05, 4.69) is 4.98 Å². The van der Waals surface area contributed by atoms with Gasteiger partial charge in [-0.3, -0.25) is 4.98 Å². The third-order valence-electron chi connectivity index (χ3n) is 2.39. The fraction of sp³-hybridized carbons (Fsp3) is 0.0769. The van der Waals surface area contributed by atoms with E-state index in [9.17, 15) is 4.79 Å². The van der Waals surface area contributed by atoms with Gasteiger partial charge in [-0.2, -0.15) is 0 Å². The lowest BCUT2D eigenvalue weighted by Crippen LogP contribution is -1.90. The molecule has 2 aromatic rings. The lowest BCUT2D eigenvalue weighted by atomic mass is 10.1. The minimum Gasteiger partial charge on any atom is -0.478 e. The van der Waals surface area contributed by atoms with Crippen molar-refractivity contribution in [3.05, 3.63) is 45.6 Å². The van der Waals surface area contributed by atoms with Crippen LogP contribution in [0.2, 0.25) is 10.0 Å². The van der Waals surface area contributed by atoms with Crippen LogP contribution in [-0.2, 0) is 4.79 Å². The first-order valence-corrected chi connectivity index (χ1v) is 5.90. The standard InChI is InChI=1S/C13H9Cl2NO2/c1-7-4-11(15)10-6-9(14)5-8(13(10)16-7)2-3-12(17)18/h2-6H,1H3,(H,17,18)/b3-2+. The summed E-state index contributed by atoms with van der Waals surface area (Å²) in [6, 6.07) is 5.11. The smallest absolute Gasteiger partial charge is 0.328 e. The highest BCUT2D eigenvalue weighted by atomic mass is 35.5. The molecule has 0 atom stereocenters. The first-order valence-electron chi connectivity index (χ1n) is 5.15. The van der Waals surface area contributed by atoms with E-state index in [-0.39, 0.29) is 0 Å². The second-order valence-electron chi connectivity index (χ2n) is 3.81. The maximum atomic E-state index is 10.6. The quantitative estimate of drug-likeness (QED) is 0.848. The molecule has 0 saturated heterocycles. The molecule has 0 aliphatic carbocycles. The molecule has 0 spiro atoms. The molecule has 18 heavy (non-hydrogen) atoms. The van der Waals surface area contributed by atoms with E-state index in [0.29, 0.717) is 26.5 Å². The summed E-state index contributed by atoms with van der Waals surface area (Å²) in [4.78, 5) is 14.9. The van der Waals surface area contributed by atoms with Gasteiger partial charge >= 0.3 is 5.97 Å². The number of benzene rings is 1. The highest BCUT2D eigenvalue weighted by Crippen LogP contribution is 2.29. The summed E-state index contributed by atoms with van der Waals surface area (Å²) >= 11 is 12.1. The number of aromatic nitrogens is 1. The van der Waals surface area contributed by atoms with Crippen LogP contribution in [0.5, 0.6) is 0 Å². The Hall–Kier alpha value is -1.58. The molecule has 0 amide bonds. The molecule has 0 bridgehead atoms. The van der Waals surface area contributed by atoms with Crippen LogP contribution in [0.1, 0.15) is 11.3 Å². The van der Waals surface area contributed by atoms with Crippen LogP contribution in [0.3, 0.4) is 0 Å².